The minimum Gasteiger partial charge on any atom is -0.347 e. The van der Waals surface area contributed by atoms with Crippen LogP contribution in [0.25, 0.3) is 15.4 Å². The molecule has 25 heavy (non-hydrogen) atoms. The van der Waals surface area contributed by atoms with Gasteiger partial charge in [0.05, 0.1) is 4.88 Å². The number of benzene rings is 1. The lowest BCUT2D eigenvalue weighted by atomic mass is 10.2. The first kappa shape index (κ1) is 15.5. The summed E-state index contributed by atoms with van der Waals surface area (Å²) < 4.78 is 14.8. The Morgan fingerprint density at radius 1 is 1.20 bits per heavy atom. The largest absolute Gasteiger partial charge is 0.347 e. The molecule has 0 atom stereocenters. The van der Waals surface area contributed by atoms with E-state index in [2.05, 4.69) is 15.3 Å². The molecule has 0 aliphatic heterocycles. The van der Waals surface area contributed by atoms with Crippen LogP contribution < -0.4 is 5.32 Å². The highest BCUT2D eigenvalue weighted by Crippen LogP contribution is 2.28. The Labute approximate surface area is 146 Å². The smallest absolute Gasteiger partial charge is 0.271 e. The predicted octanol–water partition coefficient (Wildman–Crippen LogP) is 3.53. The molecule has 0 saturated carbocycles. The van der Waals surface area contributed by atoms with E-state index in [1.807, 2.05) is 22.7 Å². The lowest BCUT2D eigenvalue weighted by molar-refractivity contribution is 0.0946. The number of rotatable bonds is 4. The Morgan fingerprint density at radius 3 is 2.76 bits per heavy atom. The van der Waals surface area contributed by atoms with Crippen molar-refractivity contribution in [2.45, 2.75) is 6.54 Å². The van der Waals surface area contributed by atoms with Crippen molar-refractivity contribution < 1.29 is 9.18 Å². The molecule has 4 rings (SSSR count). The summed E-state index contributed by atoms with van der Waals surface area (Å²) in [7, 11) is 0. The van der Waals surface area contributed by atoms with Gasteiger partial charge in [-0.15, -0.1) is 0 Å². The van der Waals surface area contributed by atoms with Crippen LogP contribution in [0.4, 0.5) is 4.39 Å². The van der Waals surface area contributed by atoms with E-state index in [1.54, 1.807) is 30.7 Å². The van der Waals surface area contributed by atoms with Crippen LogP contribution in [0.1, 0.15) is 16.1 Å². The molecule has 124 valence electrons. The van der Waals surface area contributed by atoms with Crippen LogP contribution in [0.3, 0.4) is 0 Å². The molecule has 0 bridgehead atoms. The van der Waals surface area contributed by atoms with Crippen LogP contribution in [-0.4, -0.2) is 20.3 Å². The second kappa shape index (κ2) is 6.45. The summed E-state index contributed by atoms with van der Waals surface area (Å²) in [5.41, 5.74) is 2.20. The topological polar surface area (TPSA) is 59.3 Å². The normalized spacial score (nSPS) is 10.9. The van der Waals surface area contributed by atoms with Gasteiger partial charge in [0, 0.05) is 31.3 Å². The zero-order valence-corrected chi connectivity index (χ0v) is 13.8. The number of carbonyl (C=O) groups excluding carboxylic acids is 1. The Kier molecular flexibility index (Phi) is 3.99. The minimum absolute atomic E-state index is 0.233. The molecule has 0 spiro atoms. The number of fused-ring (bicyclic) bond motifs is 1. The third kappa shape index (κ3) is 3.27. The summed E-state index contributed by atoms with van der Waals surface area (Å²) in [6.45, 7) is 0.401. The van der Waals surface area contributed by atoms with Crippen LogP contribution in [0, 0.1) is 5.82 Å². The van der Waals surface area contributed by atoms with Crippen LogP contribution in [0.2, 0.25) is 0 Å². The maximum Gasteiger partial charge on any atom is 0.271 e. The molecule has 0 aliphatic carbocycles. The van der Waals surface area contributed by atoms with Gasteiger partial charge >= 0.3 is 0 Å². The average molecular weight is 352 g/mol. The Balaban J connectivity index is 1.51. The summed E-state index contributed by atoms with van der Waals surface area (Å²) in [5.74, 6) is -0.499. The van der Waals surface area contributed by atoms with Gasteiger partial charge in [-0.25, -0.2) is 9.37 Å². The summed E-state index contributed by atoms with van der Waals surface area (Å²) in [4.78, 5) is 22.3. The van der Waals surface area contributed by atoms with Gasteiger partial charge in [-0.3, -0.25) is 14.2 Å². The molecule has 0 saturated heterocycles. The van der Waals surface area contributed by atoms with Crippen molar-refractivity contribution in [3.05, 3.63) is 78.3 Å². The zero-order chi connectivity index (χ0) is 17.2. The van der Waals surface area contributed by atoms with Gasteiger partial charge < -0.3 is 5.32 Å². The van der Waals surface area contributed by atoms with Gasteiger partial charge in [0.1, 0.15) is 11.5 Å². The number of nitrogens with one attached hydrogen (secondary N) is 1. The van der Waals surface area contributed by atoms with Crippen molar-refractivity contribution >= 4 is 22.2 Å². The van der Waals surface area contributed by atoms with E-state index in [9.17, 15) is 9.18 Å². The fraction of sp³-hybridized carbons (Fsp3) is 0.0556. The first-order valence-electron chi connectivity index (χ1n) is 7.60. The number of amides is 1. The minimum atomic E-state index is -0.266. The number of pyridine rings is 1. The highest BCUT2D eigenvalue weighted by molar-refractivity contribution is 7.20. The zero-order valence-electron chi connectivity index (χ0n) is 13.0. The standard InChI is InChI=1S/C18H13FN4OS/c19-14-5-3-13(4-6-14)16-11-23-10-15(22-18(23)25-16)17(24)21-9-12-2-1-7-20-8-12/h1-8,10-11H,9H2,(H,21,24). The second-order valence-electron chi connectivity index (χ2n) is 5.46. The average Bonchev–Trinajstić information content (AvgIpc) is 3.20. The molecule has 1 N–H and O–H groups in total. The van der Waals surface area contributed by atoms with Gasteiger partial charge in [-0.2, -0.15) is 0 Å². The summed E-state index contributed by atoms with van der Waals surface area (Å²) >= 11 is 1.45. The quantitative estimate of drug-likeness (QED) is 0.611. The monoisotopic (exact) mass is 352 g/mol. The van der Waals surface area contributed by atoms with Crippen LogP contribution in [0.5, 0.6) is 0 Å². The maximum atomic E-state index is 13.0. The second-order valence-corrected chi connectivity index (χ2v) is 6.47. The van der Waals surface area contributed by atoms with E-state index in [4.69, 9.17) is 0 Å². The molecule has 3 heterocycles. The summed E-state index contributed by atoms with van der Waals surface area (Å²) in [5, 5.41) is 2.83. The molecule has 7 heteroatoms. The molecule has 1 amide bonds. The maximum absolute atomic E-state index is 13.0. The number of imidazole rings is 1. The van der Waals surface area contributed by atoms with E-state index in [1.165, 1.54) is 23.5 Å². The third-order valence-corrected chi connectivity index (χ3v) is 4.74. The lowest BCUT2D eigenvalue weighted by Gasteiger charge is -2.02. The van der Waals surface area contributed by atoms with Gasteiger partial charge in [0.15, 0.2) is 4.96 Å². The van der Waals surface area contributed by atoms with Crippen LogP contribution in [-0.2, 0) is 6.54 Å². The number of nitrogens with zero attached hydrogens (tertiary/aromatic N) is 3. The van der Waals surface area contributed by atoms with Gasteiger partial charge in [0.25, 0.3) is 5.91 Å². The Hall–Kier alpha value is -3.06. The van der Waals surface area contributed by atoms with Crippen molar-refractivity contribution in [3.8, 4) is 10.4 Å². The predicted molar refractivity (Wildman–Crippen MR) is 93.9 cm³/mol. The molecular weight excluding hydrogens is 339 g/mol. The number of thiazole rings is 1. The first-order chi connectivity index (χ1) is 12.2. The van der Waals surface area contributed by atoms with E-state index < -0.39 is 0 Å². The van der Waals surface area contributed by atoms with E-state index in [-0.39, 0.29) is 11.7 Å². The van der Waals surface area contributed by atoms with E-state index in [0.717, 1.165) is 16.0 Å². The molecule has 0 aliphatic rings. The van der Waals surface area contributed by atoms with Crippen molar-refractivity contribution in [1.29, 1.82) is 0 Å². The molecule has 1 aromatic carbocycles. The Morgan fingerprint density at radius 2 is 2.04 bits per heavy atom. The van der Waals surface area contributed by atoms with Crippen LogP contribution >= 0.6 is 11.3 Å². The number of hydrogen-bond donors (Lipinski definition) is 1. The number of hydrogen-bond acceptors (Lipinski definition) is 4. The summed E-state index contributed by atoms with van der Waals surface area (Å²) in [6, 6.07) is 10.0. The fourth-order valence-corrected chi connectivity index (χ4v) is 3.40. The molecule has 0 fully saturated rings. The molecule has 0 radical (unpaired) electrons. The fourth-order valence-electron chi connectivity index (χ4n) is 2.43. The molecule has 0 unspecified atom stereocenters. The van der Waals surface area contributed by atoms with E-state index in [0.29, 0.717) is 17.2 Å². The highest BCUT2D eigenvalue weighted by atomic mass is 32.1. The highest BCUT2D eigenvalue weighted by Gasteiger charge is 2.13. The summed E-state index contributed by atoms with van der Waals surface area (Å²) in [6.07, 6.45) is 6.98. The molecule has 5 nitrogen and oxygen atoms in total. The van der Waals surface area contributed by atoms with Crippen LogP contribution in [0.15, 0.2) is 61.2 Å². The first-order valence-corrected chi connectivity index (χ1v) is 8.42. The third-order valence-electron chi connectivity index (χ3n) is 3.69. The number of halogens is 1. The number of carbonyl (C=O) groups is 1. The number of aromatic nitrogens is 3. The molecular formula is C18H13FN4OS. The van der Waals surface area contributed by atoms with Gasteiger partial charge in [-0.05, 0) is 29.3 Å². The van der Waals surface area contributed by atoms with Gasteiger partial charge in [-0.1, -0.05) is 29.5 Å². The van der Waals surface area contributed by atoms with E-state index >= 15 is 0 Å². The molecule has 4 aromatic rings. The lowest BCUT2D eigenvalue weighted by Crippen LogP contribution is -2.23. The Bertz CT molecular complexity index is 993. The van der Waals surface area contributed by atoms with Gasteiger partial charge in [0.2, 0.25) is 0 Å². The molecule has 3 aromatic heterocycles. The van der Waals surface area contributed by atoms with Crippen molar-refractivity contribution in [2.24, 2.45) is 0 Å². The van der Waals surface area contributed by atoms with Crippen molar-refractivity contribution in [1.82, 2.24) is 19.7 Å². The van der Waals surface area contributed by atoms with Crippen molar-refractivity contribution in [3.63, 3.8) is 0 Å². The van der Waals surface area contributed by atoms with Crippen molar-refractivity contribution in [2.75, 3.05) is 0 Å². The SMILES string of the molecule is O=C(NCc1cccnc1)c1cn2cc(-c3ccc(F)cc3)sc2n1.